The van der Waals surface area contributed by atoms with Crippen molar-refractivity contribution in [1.82, 2.24) is 0 Å². The van der Waals surface area contributed by atoms with Crippen LogP contribution < -0.4 is 4.74 Å². The molecular formula is C16H20O3. The van der Waals surface area contributed by atoms with Gasteiger partial charge in [0.1, 0.15) is 11.4 Å². The van der Waals surface area contributed by atoms with Crippen LogP contribution in [0.2, 0.25) is 0 Å². The predicted octanol–water partition coefficient (Wildman–Crippen LogP) is 3.76. The molecule has 3 heteroatoms. The Balaban J connectivity index is 2.37. The molecule has 0 saturated carbocycles. The van der Waals surface area contributed by atoms with Gasteiger partial charge in [-0.15, -0.1) is 0 Å². The minimum absolute atomic E-state index is 0.00568. The van der Waals surface area contributed by atoms with E-state index in [0.29, 0.717) is 0 Å². The van der Waals surface area contributed by atoms with Crippen LogP contribution >= 0.6 is 0 Å². The molecule has 0 aromatic heterocycles. The SMILES string of the molecule is Cc1cc2c(cc1C(C)CC(=O)O)C=CC(C)(C)O2. The van der Waals surface area contributed by atoms with Gasteiger partial charge in [0.15, 0.2) is 0 Å². The Morgan fingerprint density at radius 1 is 1.42 bits per heavy atom. The summed E-state index contributed by atoms with van der Waals surface area (Å²) in [6.45, 7) is 7.98. The van der Waals surface area contributed by atoms with Crippen molar-refractivity contribution in [3.63, 3.8) is 0 Å². The molecule has 0 amide bonds. The molecule has 1 heterocycles. The topological polar surface area (TPSA) is 46.5 Å². The number of rotatable bonds is 3. The Hall–Kier alpha value is -1.77. The molecule has 1 aliphatic rings. The number of fused-ring (bicyclic) bond motifs is 1. The second-order valence-corrected chi connectivity index (χ2v) is 5.78. The van der Waals surface area contributed by atoms with E-state index < -0.39 is 5.97 Å². The van der Waals surface area contributed by atoms with Gasteiger partial charge >= 0.3 is 5.97 Å². The number of aryl methyl sites for hydroxylation is 1. The zero-order valence-corrected chi connectivity index (χ0v) is 11.9. The lowest BCUT2D eigenvalue weighted by molar-refractivity contribution is -0.137. The highest BCUT2D eigenvalue weighted by Gasteiger charge is 2.23. The van der Waals surface area contributed by atoms with Crippen molar-refractivity contribution in [2.45, 2.75) is 45.6 Å². The van der Waals surface area contributed by atoms with Crippen molar-refractivity contribution >= 4 is 12.0 Å². The molecule has 3 nitrogen and oxygen atoms in total. The van der Waals surface area contributed by atoms with E-state index in [2.05, 4.69) is 6.08 Å². The lowest BCUT2D eigenvalue weighted by Gasteiger charge is -2.29. The molecule has 1 unspecified atom stereocenters. The van der Waals surface area contributed by atoms with E-state index in [0.717, 1.165) is 22.4 Å². The van der Waals surface area contributed by atoms with Gasteiger partial charge < -0.3 is 9.84 Å². The van der Waals surface area contributed by atoms with E-state index in [4.69, 9.17) is 9.84 Å². The maximum absolute atomic E-state index is 10.8. The zero-order chi connectivity index (χ0) is 14.2. The van der Waals surface area contributed by atoms with Gasteiger partial charge in [-0.1, -0.05) is 13.0 Å². The maximum Gasteiger partial charge on any atom is 0.303 e. The highest BCUT2D eigenvalue weighted by Crippen LogP contribution is 2.35. The first-order valence-electron chi connectivity index (χ1n) is 6.53. The average Bonchev–Trinajstić information content (AvgIpc) is 2.25. The summed E-state index contributed by atoms with van der Waals surface area (Å²) < 4.78 is 5.91. The maximum atomic E-state index is 10.8. The van der Waals surface area contributed by atoms with Crippen LogP contribution in [-0.4, -0.2) is 16.7 Å². The normalized spacial score (nSPS) is 17.5. The van der Waals surface area contributed by atoms with Crippen molar-refractivity contribution < 1.29 is 14.6 Å². The summed E-state index contributed by atoms with van der Waals surface area (Å²) in [5, 5.41) is 8.90. The lowest BCUT2D eigenvalue weighted by Crippen LogP contribution is -2.27. The van der Waals surface area contributed by atoms with Gasteiger partial charge in [-0.2, -0.15) is 0 Å². The van der Waals surface area contributed by atoms with Crippen LogP contribution in [0.5, 0.6) is 5.75 Å². The van der Waals surface area contributed by atoms with Gasteiger partial charge in [0, 0.05) is 5.56 Å². The molecule has 1 N–H and O–H groups in total. The van der Waals surface area contributed by atoms with Crippen LogP contribution in [0.15, 0.2) is 18.2 Å². The summed E-state index contributed by atoms with van der Waals surface area (Å²) in [6, 6.07) is 4.05. The van der Waals surface area contributed by atoms with Gasteiger partial charge in [-0.05, 0) is 56.0 Å². The van der Waals surface area contributed by atoms with Crippen LogP contribution in [0.25, 0.3) is 6.08 Å². The van der Waals surface area contributed by atoms with Crippen molar-refractivity contribution in [2.24, 2.45) is 0 Å². The Morgan fingerprint density at radius 2 is 2.11 bits per heavy atom. The number of carbonyl (C=O) groups is 1. The number of hydrogen-bond donors (Lipinski definition) is 1. The smallest absolute Gasteiger partial charge is 0.303 e. The number of aliphatic carboxylic acids is 1. The van der Waals surface area contributed by atoms with E-state index in [1.54, 1.807) is 0 Å². The zero-order valence-electron chi connectivity index (χ0n) is 11.9. The fraction of sp³-hybridized carbons (Fsp3) is 0.438. The molecule has 0 radical (unpaired) electrons. The van der Waals surface area contributed by atoms with Gasteiger partial charge in [-0.3, -0.25) is 4.79 Å². The van der Waals surface area contributed by atoms with Crippen LogP contribution in [0.4, 0.5) is 0 Å². The molecule has 1 aromatic carbocycles. The Bertz CT molecular complexity index is 541. The molecule has 0 aliphatic carbocycles. The molecular weight excluding hydrogens is 240 g/mol. The number of carboxylic acids is 1. The average molecular weight is 260 g/mol. The summed E-state index contributed by atoms with van der Waals surface area (Å²) in [5.41, 5.74) is 2.90. The Kier molecular flexibility index (Phi) is 3.40. The molecule has 1 aliphatic heterocycles. The summed E-state index contributed by atoms with van der Waals surface area (Å²) in [4.78, 5) is 10.8. The monoisotopic (exact) mass is 260 g/mol. The number of hydrogen-bond acceptors (Lipinski definition) is 2. The minimum atomic E-state index is -0.766. The van der Waals surface area contributed by atoms with Crippen molar-refractivity contribution in [1.29, 1.82) is 0 Å². The molecule has 0 bridgehead atoms. The molecule has 0 fully saturated rings. The van der Waals surface area contributed by atoms with Crippen molar-refractivity contribution in [3.8, 4) is 5.75 Å². The third-order valence-corrected chi connectivity index (χ3v) is 3.45. The second-order valence-electron chi connectivity index (χ2n) is 5.78. The van der Waals surface area contributed by atoms with E-state index in [1.165, 1.54) is 0 Å². The van der Waals surface area contributed by atoms with E-state index in [-0.39, 0.29) is 17.9 Å². The first kappa shape index (κ1) is 13.7. The third kappa shape index (κ3) is 2.98. The van der Waals surface area contributed by atoms with Gasteiger partial charge in [0.2, 0.25) is 0 Å². The highest BCUT2D eigenvalue weighted by molar-refractivity contribution is 5.69. The number of benzene rings is 1. The summed E-state index contributed by atoms with van der Waals surface area (Å²) in [5.74, 6) is 0.111. The molecule has 19 heavy (non-hydrogen) atoms. The van der Waals surface area contributed by atoms with Crippen LogP contribution in [0.3, 0.4) is 0 Å². The summed E-state index contributed by atoms with van der Waals surface area (Å²) in [7, 11) is 0. The quantitative estimate of drug-likeness (QED) is 0.900. The first-order valence-corrected chi connectivity index (χ1v) is 6.53. The third-order valence-electron chi connectivity index (χ3n) is 3.45. The second kappa shape index (κ2) is 4.72. The van der Waals surface area contributed by atoms with Gasteiger partial charge in [-0.25, -0.2) is 0 Å². The van der Waals surface area contributed by atoms with Crippen molar-refractivity contribution in [2.75, 3.05) is 0 Å². The van der Waals surface area contributed by atoms with Gasteiger partial charge in [0.05, 0.1) is 6.42 Å². The van der Waals surface area contributed by atoms with Gasteiger partial charge in [0.25, 0.3) is 0 Å². The van der Waals surface area contributed by atoms with E-state index in [1.807, 2.05) is 45.9 Å². The molecule has 2 rings (SSSR count). The molecule has 0 saturated heterocycles. The van der Waals surface area contributed by atoms with Crippen LogP contribution in [-0.2, 0) is 4.79 Å². The number of carboxylic acid groups (broad SMARTS) is 1. The fourth-order valence-corrected chi connectivity index (χ4v) is 2.45. The molecule has 102 valence electrons. The molecule has 1 aromatic rings. The predicted molar refractivity (Wildman–Crippen MR) is 75.6 cm³/mol. The number of ether oxygens (including phenoxy) is 1. The molecule has 0 spiro atoms. The molecule has 1 atom stereocenters. The van der Waals surface area contributed by atoms with Crippen LogP contribution in [0, 0.1) is 6.92 Å². The lowest BCUT2D eigenvalue weighted by atomic mass is 9.90. The fourth-order valence-electron chi connectivity index (χ4n) is 2.45. The Morgan fingerprint density at radius 3 is 2.74 bits per heavy atom. The summed E-state index contributed by atoms with van der Waals surface area (Å²) in [6.07, 6.45) is 4.22. The standard InChI is InChI=1S/C16H20O3/c1-10-7-14-12(5-6-16(3,4)19-14)9-13(10)11(2)8-15(17)18/h5-7,9,11H,8H2,1-4H3,(H,17,18). The van der Waals surface area contributed by atoms with E-state index in [9.17, 15) is 4.79 Å². The summed E-state index contributed by atoms with van der Waals surface area (Å²) >= 11 is 0. The highest BCUT2D eigenvalue weighted by atomic mass is 16.5. The van der Waals surface area contributed by atoms with Crippen molar-refractivity contribution in [3.05, 3.63) is 34.9 Å². The minimum Gasteiger partial charge on any atom is -0.483 e. The first-order chi connectivity index (χ1) is 8.78. The largest absolute Gasteiger partial charge is 0.483 e. The Labute approximate surface area is 113 Å². The van der Waals surface area contributed by atoms with Crippen LogP contribution in [0.1, 0.15) is 49.8 Å². The van der Waals surface area contributed by atoms with E-state index >= 15 is 0 Å².